The van der Waals surface area contributed by atoms with E-state index in [2.05, 4.69) is 125 Å². The number of benzene rings is 6. The lowest BCUT2D eigenvalue weighted by atomic mass is 9.89. The van der Waals surface area contributed by atoms with Crippen LogP contribution in [0.15, 0.2) is 97.1 Å². The zero-order valence-corrected chi connectivity index (χ0v) is 27.4. The molecule has 6 aromatic carbocycles. The number of aryl methyl sites for hydroxylation is 4. The maximum Gasteiger partial charge on any atom is 0.466 e. The Morgan fingerprint density at radius 3 is 1.09 bits per heavy atom. The zero-order valence-electron chi connectivity index (χ0n) is 25.6. The lowest BCUT2D eigenvalue weighted by Crippen LogP contribution is -1.90. The highest BCUT2D eigenvalue weighted by molar-refractivity contribution is 7.45. The van der Waals surface area contributed by atoms with E-state index in [0.717, 1.165) is 11.1 Å². The SMILES string of the molecule is Cc1cccc(C)c1-c1ccc2c(-c3[c]ccc4cc(-c5c(C)cccc5C)ccc34)[c]ccc2c1.O=P(O)(O)O.O=P(O)(O)O. The van der Waals surface area contributed by atoms with Gasteiger partial charge < -0.3 is 29.4 Å². The van der Waals surface area contributed by atoms with Crippen LogP contribution in [-0.2, 0) is 9.13 Å². The van der Waals surface area contributed by atoms with Gasteiger partial charge in [0.1, 0.15) is 0 Å². The van der Waals surface area contributed by atoms with E-state index >= 15 is 0 Å². The Kier molecular flexibility index (Phi) is 10.8. The van der Waals surface area contributed by atoms with E-state index in [1.807, 2.05) is 12.1 Å². The van der Waals surface area contributed by atoms with Crippen molar-refractivity contribution in [1.29, 1.82) is 0 Å². The molecule has 0 aliphatic rings. The highest BCUT2D eigenvalue weighted by Gasteiger charge is 2.13. The van der Waals surface area contributed by atoms with E-state index in [1.54, 1.807) is 0 Å². The van der Waals surface area contributed by atoms with E-state index < -0.39 is 15.6 Å². The van der Waals surface area contributed by atoms with Gasteiger partial charge in [-0.2, -0.15) is 0 Å². The topological polar surface area (TPSA) is 156 Å². The van der Waals surface area contributed by atoms with Crippen molar-refractivity contribution in [3.63, 3.8) is 0 Å². The summed E-state index contributed by atoms with van der Waals surface area (Å²) in [4.78, 5) is 43.1. The van der Waals surface area contributed by atoms with Crippen LogP contribution in [0.5, 0.6) is 0 Å². The molecular weight excluding hydrogens is 622 g/mol. The second-order valence-electron chi connectivity index (χ2n) is 10.9. The number of hydrogen-bond donors (Lipinski definition) is 6. The molecule has 0 saturated carbocycles. The smallest absolute Gasteiger partial charge is 0.303 e. The molecule has 0 atom stereocenters. The van der Waals surface area contributed by atoms with E-state index in [-0.39, 0.29) is 0 Å². The monoisotopic (exact) mass is 656 g/mol. The molecule has 0 aliphatic heterocycles. The normalized spacial score (nSPS) is 11.4. The van der Waals surface area contributed by atoms with Crippen LogP contribution < -0.4 is 0 Å². The molecule has 0 fully saturated rings. The Hall–Kier alpha value is -3.94. The van der Waals surface area contributed by atoms with E-state index in [4.69, 9.17) is 38.5 Å². The third-order valence-electron chi connectivity index (χ3n) is 7.41. The van der Waals surface area contributed by atoms with E-state index in [9.17, 15) is 0 Å². The Morgan fingerprint density at radius 1 is 0.478 bits per heavy atom. The molecule has 0 unspecified atom stereocenters. The van der Waals surface area contributed by atoms with Crippen LogP contribution in [0.3, 0.4) is 0 Å². The second kappa shape index (κ2) is 14.2. The predicted octanol–water partition coefficient (Wildman–Crippen LogP) is 7.97. The molecule has 46 heavy (non-hydrogen) atoms. The Morgan fingerprint density at radius 2 is 0.783 bits per heavy atom. The first-order chi connectivity index (χ1) is 21.5. The van der Waals surface area contributed by atoms with Gasteiger partial charge in [-0.05, 0) is 129 Å². The molecule has 6 aromatic rings. The molecule has 0 aromatic heterocycles. The summed E-state index contributed by atoms with van der Waals surface area (Å²) >= 11 is 0. The summed E-state index contributed by atoms with van der Waals surface area (Å²) in [5.74, 6) is 0. The van der Waals surface area contributed by atoms with Crippen molar-refractivity contribution in [2.24, 2.45) is 0 Å². The highest BCUT2D eigenvalue weighted by Crippen LogP contribution is 2.38. The molecule has 6 N–H and O–H groups in total. The van der Waals surface area contributed by atoms with E-state index in [0.29, 0.717) is 0 Å². The van der Waals surface area contributed by atoms with Gasteiger partial charge in [-0.15, -0.1) is 0 Å². The van der Waals surface area contributed by atoms with Crippen LogP contribution in [0.25, 0.3) is 54.9 Å². The van der Waals surface area contributed by atoms with Crippen LogP contribution in [-0.4, -0.2) is 29.4 Å². The molecule has 0 heterocycles. The van der Waals surface area contributed by atoms with Crippen molar-refractivity contribution in [2.45, 2.75) is 27.7 Å². The molecule has 0 spiro atoms. The molecule has 8 nitrogen and oxygen atoms in total. The first kappa shape index (κ1) is 34.9. The van der Waals surface area contributed by atoms with Crippen molar-refractivity contribution in [3.8, 4) is 33.4 Å². The minimum atomic E-state index is -4.64. The quantitative estimate of drug-likeness (QED) is 0.105. The number of phosphoric acid groups is 2. The van der Waals surface area contributed by atoms with Gasteiger partial charge in [0.25, 0.3) is 0 Å². The van der Waals surface area contributed by atoms with Crippen LogP contribution in [0.4, 0.5) is 0 Å². The summed E-state index contributed by atoms with van der Waals surface area (Å²) in [6, 6.07) is 42.1. The van der Waals surface area contributed by atoms with Gasteiger partial charge >= 0.3 is 15.6 Å². The molecule has 2 radical (unpaired) electrons. The minimum absolute atomic E-state index is 1.10. The van der Waals surface area contributed by atoms with Gasteiger partial charge in [-0.1, -0.05) is 84.9 Å². The third-order valence-corrected chi connectivity index (χ3v) is 7.41. The van der Waals surface area contributed by atoms with Gasteiger partial charge in [0.2, 0.25) is 0 Å². The maximum absolute atomic E-state index is 8.88. The predicted molar refractivity (Wildman–Crippen MR) is 183 cm³/mol. The maximum atomic E-state index is 8.88. The second-order valence-corrected chi connectivity index (χ2v) is 12.9. The highest BCUT2D eigenvalue weighted by atomic mass is 31.2. The van der Waals surface area contributed by atoms with Crippen molar-refractivity contribution in [2.75, 3.05) is 0 Å². The van der Waals surface area contributed by atoms with Crippen molar-refractivity contribution in [1.82, 2.24) is 0 Å². The molecular formula is C36H34O8P2. The van der Waals surface area contributed by atoms with Gasteiger partial charge in [-0.3, -0.25) is 0 Å². The van der Waals surface area contributed by atoms with Crippen LogP contribution in [0, 0.1) is 39.8 Å². The average molecular weight is 657 g/mol. The number of rotatable bonds is 3. The largest absolute Gasteiger partial charge is 0.466 e. The minimum Gasteiger partial charge on any atom is -0.303 e. The molecule has 10 heteroatoms. The number of fused-ring (bicyclic) bond motifs is 2. The van der Waals surface area contributed by atoms with E-state index in [1.165, 1.54) is 66.1 Å². The Balaban J connectivity index is 0.000000421. The van der Waals surface area contributed by atoms with Crippen molar-refractivity contribution >= 4 is 37.2 Å². The average Bonchev–Trinajstić information content (AvgIpc) is 2.94. The fraction of sp³-hybridized carbons (Fsp3) is 0.111. The standard InChI is InChI=1S/C36H28.2H3O4P/c1-23-9-5-10-24(2)35(23)29-17-19-31-27(21-29)13-7-15-33(31)34-16-8-14-28-22-30(18-20-32(28)34)36-25(3)11-6-12-26(36)4;2*1-5(2,3)4/h5-14,17-22H,1-4H3;2*(H3,1,2,3,4). The number of hydrogen-bond acceptors (Lipinski definition) is 2. The molecule has 0 aliphatic carbocycles. The van der Waals surface area contributed by atoms with Gasteiger partial charge in [-0.25, -0.2) is 9.13 Å². The lowest BCUT2D eigenvalue weighted by molar-refractivity contribution is 0.272. The zero-order chi connectivity index (χ0) is 33.8. The molecule has 0 saturated heterocycles. The molecule has 236 valence electrons. The summed E-state index contributed by atoms with van der Waals surface area (Å²) < 4.78 is 17.8. The Labute approximate surface area is 267 Å². The van der Waals surface area contributed by atoms with Gasteiger partial charge in [0.05, 0.1) is 0 Å². The lowest BCUT2D eigenvalue weighted by Gasteiger charge is -2.14. The van der Waals surface area contributed by atoms with Crippen LogP contribution in [0.2, 0.25) is 0 Å². The molecule has 0 amide bonds. The fourth-order valence-corrected chi connectivity index (χ4v) is 5.71. The Bertz CT molecular complexity index is 1920. The molecule has 6 rings (SSSR count). The summed E-state index contributed by atoms with van der Waals surface area (Å²) in [5.41, 5.74) is 12.6. The van der Waals surface area contributed by atoms with Gasteiger partial charge in [0.15, 0.2) is 0 Å². The third kappa shape index (κ3) is 9.08. The summed E-state index contributed by atoms with van der Waals surface area (Å²) in [5, 5.41) is 4.85. The van der Waals surface area contributed by atoms with Gasteiger partial charge in [0, 0.05) is 0 Å². The van der Waals surface area contributed by atoms with Crippen LogP contribution in [0.1, 0.15) is 22.3 Å². The fourth-order valence-electron chi connectivity index (χ4n) is 5.71. The van der Waals surface area contributed by atoms with Crippen LogP contribution >= 0.6 is 15.6 Å². The first-order valence-corrected chi connectivity index (χ1v) is 17.2. The summed E-state index contributed by atoms with van der Waals surface area (Å²) in [6.07, 6.45) is 0. The van der Waals surface area contributed by atoms with Crippen molar-refractivity contribution in [3.05, 3.63) is 131 Å². The summed E-state index contributed by atoms with van der Waals surface area (Å²) in [6.45, 7) is 8.76. The molecule has 0 bridgehead atoms. The van der Waals surface area contributed by atoms with Crippen molar-refractivity contribution < 1.29 is 38.5 Å². The summed E-state index contributed by atoms with van der Waals surface area (Å²) in [7, 11) is -9.28. The first-order valence-electron chi connectivity index (χ1n) is 14.1.